The third kappa shape index (κ3) is 2.47. The number of benzene rings is 1. The molecular formula is C13H11F3N2O2. The van der Waals surface area contributed by atoms with Crippen LogP contribution in [0.1, 0.15) is 11.1 Å². The first kappa shape index (κ1) is 14.0. The van der Waals surface area contributed by atoms with Gasteiger partial charge in [-0.15, -0.1) is 0 Å². The van der Waals surface area contributed by atoms with Gasteiger partial charge >= 0.3 is 6.18 Å². The van der Waals surface area contributed by atoms with Gasteiger partial charge in [0.25, 0.3) is 0 Å². The summed E-state index contributed by atoms with van der Waals surface area (Å²) in [6, 6.07) is 4.17. The average molecular weight is 284 g/mol. The fourth-order valence-electron chi connectivity index (χ4n) is 1.87. The molecule has 0 spiro atoms. The minimum absolute atomic E-state index is 0.143. The smallest absolute Gasteiger partial charge is 0.416 e. The lowest BCUT2D eigenvalue weighted by Crippen LogP contribution is -2.05. The second-order valence-corrected chi connectivity index (χ2v) is 4.29. The van der Waals surface area contributed by atoms with Crippen molar-refractivity contribution in [2.75, 3.05) is 5.73 Å². The molecule has 0 radical (unpaired) electrons. The number of phenols is 1. The number of hydrogen-bond donors (Lipinski definition) is 3. The number of rotatable bonds is 1. The molecule has 0 saturated heterocycles. The molecule has 7 heteroatoms. The molecule has 2 aromatic rings. The number of nitrogens with two attached hydrogens (primary N) is 1. The Labute approximate surface area is 112 Å². The first-order valence-electron chi connectivity index (χ1n) is 5.57. The van der Waals surface area contributed by atoms with Crippen LogP contribution in [0.15, 0.2) is 24.3 Å². The molecule has 2 rings (SSSR count). The topological polar surface area (TPSA) is 79.4 Å². The Hall–Kier alpha value is -2.44. The van der Waals surface area contributed by atoms with Gasteiger partial charge in [-0.25, -0.2) is 4.98 Å². The van der Waals surface area contributed by atoms with Crippen LogP contribution in [0.2, 0.25) is 0 Å². The number of aromatic hydroxyl groups is 2. The van der Waals surface area contributed by atoms with Crippen molar-refractivity contribution >= 4 is 5.82 Å². The summed E-state index contributed by atoms with van der Waals surface area (Å²) in [5.41, 5.74) is 5.02. The molecule has 1 heterocycles. The number of nitrogen functional groups attached to an aromatic ring is 1. The van der Waals surface area contributed by atoms with Crippen molar-refractivity contribution in [2.24, 2.45) is 0 Å². The van der Waals surface area contributed by atoms with Crippen LogP contribution in [0.5, 0.6) is 11.5 Å². The highest BCUT2D eigenvalue weighted by molar-refractivity contribution is 5.73. The molecule has 0 bridgehead atoms. The Morgan fingerprint density at radius 2 is 1.75 bits per heavy atom. The van der Waals surface area contributed by atoms with Crippen LogP contribution in [-0.4, -0.2) is 15.2 Å². The van der Waals surface area contributed by atoms with Crippen LogP contribution < -0.4 is 5.73 Å². The van der Waals surface area contributed by atoms with E-state index < -0.39 is 17.5 Å². The molecule has 0 saturated carbocycles. The van der Waals surface area contributed by atoms with Crippen LogP contribution in [0, 0.1) is 6.92 Å². The zero-order valence-corrected chi connectivity index (χ0v) is 10.4. The number of pyridine rings is 1. The lowest BCUT2D eigenvalue weighted by molar-refractivity contribution is -0.137. The van der Waals surface area contributed by atoms with Crippen molar-refractivity contribution in [3.8, 4) is 22.8 Å². The molecule has 0 aliphatic heterocycles. The van der Waals surface area contributed by atoms with E-state index in [2.05, 4.69) is 4.98 Å². The lowest BCUT2D eigenvalue weighted by atomic mass is 10.00. The highest BCUT2D eigenvalue weighted by atomic mass is 19.4. The highest BCUT2D eigenvalue weighted by Gasteiger charge is 2.32. The van der Waals surface area contributed by atoms with Crippen LogP contribution in [-0.2, 0) is 6.18 Å². The predicted octanol–water partition coefficient (Wildman–Crippen LogP) is 3.07. The Bertz CT molecular complexity index is 646. The molecule has 0 aliphatic carbocycles. The van der Waals surface area contributed by atoms with E-state index in [0.717, 1.165) is 6.07 Å². The molecule has 0 fully saturated rings. The number of alkyl halides is 3. The number of halogens is 3. The van der Waals surface area contributed by atoms with E-state index in [1.165, 1.54) is 19.1 Å². The van der Waals surface area contributed by atoms with Crippen molar-refractivity contribution in [3.63, 3.8) is 0 Å². The Morgan fingerprint density at radius 1 is 1.10 bits per heavy atom. The molecule has 0 amide bonds. The van der Waals surface area contributed by atoms with Gasteiger partial charge in [0.15, 0.2) is 11.6 Å². The monoisotopic (exact) mass is 284 g/mol. The summed E-state index contributed by atoms with van der Waals surface area (Å²) in [4.78, 5) is 3.84. The normalized spacial score (nSPS) is 11.6. The average Bonchev–Trinajstić information content (AvgIpc) is 2.31. The molecule has 4 nitrogen and oxygen atoms in total. The van der Waals surface area contributed by atoms with Crippen molar-refractivity contribution in [1.29, 1.82) is 0 Å². The molecular weight excluding hydrogens is 273 g/mol. The minimum atomic E-state index is -4.54. The Kier molecular flexibility index (Phi) is 3.21. The van der Waals surface area contributed by atoms with E-state index in [9.17, 15) is 23.4 Å². The molecule has 1 aromatic heterocycles. The zero-order valence-electron chi connectivity index (χ0n) is 10.4. The second-order valence-electron chi connectivity index (χ2n) is 4.29. The Morgan fingerprint density at radius 3 is 2.25 bits per heavy atom. The van der Waals surface area contributed by atoms with E-state index in [4.69, 9.17) is 5.73 Å². The number of anilines is 1. The van der Waals surface area contributed by atoms with Crippen molar-refractivity contribution in [2.45, 2.75) is 13.1 Å². The first-order valence-corrected chi connectivity index (χ1v) is 5.57. The Balaban J connectivity index is 2.61. The number of hydrogen-bond acceptors (Lipinski definition) is 4. The van der Waals surface area contributed by atoms with Crippen LogP contribution >= 0.6 is 0 Å². The summed E-state index contributed by atoms with van der Waals surface area (Å²) >= 11 is 0. The van der Waals surface area contributed by atoms with E-state index in [-0.39, 0.29) is 28.4 Å². The van der Waals surface area contributed by atoms with Crippen LogP contribution in [0.3, 0.4) is 0 Å². The van der Waals surface area contributed by atoms with Crippen LogP contribution in [0.4, 0.5) is 19.0 Å². The summed E-state index contributed by atoms with van der Waals surface area (Å²) in [5, 5.41) is 19.1. The summed E-state index contributed by atoms with van der Waals surface area (Å²) in [7, 11) is 0. The summed E-state index contributed by atoms with van der Waals surface area (Å²) in [6.07, 6.45) is -4.54. The molecule has 0 aliphatic rings. The second kappa shape index (κ2) is 4.59. The van der Waals surface area contributed by atoms with Crippen molar-refractivity contribution in [1.82, 2.24) is 4.98 Å². The number of aromatic nitrogens is 1. The molecule has 20 heavy (non-hydrogen) atoms. The van der Waals surface area contributed by atoms with Gasteiger partial charge in [-0.1, -0.05) is 0 Å². The molecule has 0 atom stereocenters. The maximum atomic E-state index is 12.6. The summed E-state index contributed by atoms with van der Waals surface area (Å²) < 4.78 is 37.9. The first-order chi connectivity index (χ1) is 9.20. The third-order valence-corrected chi connectivity index (χ3v) is 2.80. The standard InChI is InChI=1S/C13H11F3N2O2/c1-6-4-7(13(14,15)16)5-10(20)11(6)8-2-3-9(19)12(17)18-8/h2-5,19-20H,1H3,(H2,17,18). The molecule has 4 N–H and O–H groups in total. The number of phenolic OH excluding ortho intramolecular Hbond substituents is 1. The van der Waals surface area contributed by atoms with Crippen molar-refractivity contribution in [3.05, 3.63) is 35.4 Å². The van der Waals surface area contributed by atoms with Crippen molar-refractivity contribution < 1.29 is 23.4 Å². The van der Waals surface area contributed by atoms with E-state index in [1.807, 2.05) is 0 Å². The molecule has 0 unspecified atom stereocenters. The fraction of sp³-hybridized carbons (Fsp3) is 0.154. The van der Waals surface area contributed by atoms with E-state index in [0.29, 0.717) is 6.07 Å². The maximum Gasteiger partial charge on any atom is 0.416 e. The van der Waals surface area contributed by atoms with E-state index >= 15 is 0 Å². The number of nitrogens with zero attached hydrogens (tertiary/aromatic N) is 1. The SMILES string of the molecule is Cc1cc(C(F)(F)F)cc(O)c1-c1ccc(O)c(N)n1. The fourth-order valence-corrected chi connectivity index (χ4v) is 1.87. The lowest BCUT2D eigenvalue weighted by Gasteiger charge is -2.13. The van der Waals surface area contributed by atoms with Gasteiger partial charge in [0, 0.05) is 5.56 Å². The van der Waals surface area contributed by atoms with E-state index in [1.54, 1.807) is 0 Å². The van der Waals surface area contributed by atoms with Gasteiger partial charge in [0.05, 0.1) is 11.3 Å². The highest BCUT2D eigenvalue weighted by Crippen LogP contribution is 2.39. The third-order valence-electron chi connectivity index (χ3n) is 2.80. The summed E-state index contributed by atoms with van der Waals surface area (Å²) in [6.45, 7) is 1.43. The molecule has 106 valence electrons. The van der Waals surface area contributed by atoms with Gasteiger partial charge in [-0.3, -0.25) is 0 Å². The minimum Gasteiger partial charge on any atom is -0.507 e. The quantitative estimate of drug-likeness (QED) is 0.752. The molecule has 1 aromatic carbocycles. The number of aryl methyl sites for hydroxylation is 1. The summed E-state index contributed by atoms with van der Waals surface area (Å²) in [5.74, 6) is -0.950. The van der Waals surface area contributed by atoms with Gasteiger partial charge in [-0.2, -0.15) is 13.2 Å². The maximum absolute atomic E-state index is 12.6. The van der Waals surface area contributed by atoms with Gasteiger partial charge in [-0.05, 0) is 36.8 Å². The predicted molar refractivity (Wildman–Crippen MR) is 67.2 cm³/mol. The van der Waals surface area contributed by atoms with Gasteiger partial charge in [0.1, 0.15) is 5.75 Å². The van der Waals surface area contributed by atoms with Crippen LogP contribution in [0.25, 0.3) is 11.3 Å². The largest absolute Gasteiger partial charge is 0.507 e. The zero-order chi connectivity index (χ0) is 15.1. The van der Waals surface area contributed by atoms with Gasteiger partial charge in [0.2, 0.25) is 0 Å². The van der Waals surface area contributed by atoms with Gasteiger partial charge < -0.3 is 15.9 Å².